The van der Waals surface area contributed by atoms with Crippen molar-refractivity contribution >= 4 is 17.3 Å². The van der Waals surface area contributed by atoms with Crippen LogP contribution in [-0.2, 0) is 4.74 Å². The van der Waals surface area contributed by atoms with Gasteiger partial charge < -0.3 is 15.4 Å². The van der Waals surface area contributed by atoms with Crippen molar-refractivity contribution < 1.29 is 4.74 Å². The van der Waals surface area contributed by atoms with Crippen LogP contribution in [0.3, 0.4) is 0 Å². The summed E-state index contributed by atoms with van der Waals surface area (Å²) in [5.74, 6) is 0.226. The fourth-order valence-corrected chi connectivity index (χ4v) is 1.45. The number of ether oxygens (including phenoxy) is 1. The third kappa shape index (κ3) is 1.51. The lowest BCUT2D eigenvalue weighted by Gasteiger charge is -2.06. The SMILES string of the molecule is CCOC(=N)c1ccc2c(c1)NCN2. The molecular weight excluding hydrogens is 178 g/mol. The van der Waals surface area contributed by atoms with E-state index in [1.54, 1.807) is 0 Å². The van der Waals surface area contributed by atoms with Crippen LogP contribution >= 0.6 is 0 Å². The van der Waals surface area contributed by atoms with Crippen molar-refractivity contribution in [3.63, 3.8) is 0 Å². The molecule has 1 aliphatic rings. The first-order chi connectivity index (χ1) is 6.81. The quantitative estimate of drug-likeness (QED) is 0.494. The zero-order chi connectivity index (χ0) is 9.97. The van der Waals surface area contributed by atoms with Crippen LogP contribution in [0.1, 0.15) is 12.5 Å². The highest BCUT2D eigenvalue weighted by Crippen LogP contribution is 2.26. The van der Waals surface area contributed by atoms with E-state index in [1.807, 2.05) is 25.1 Å². The van der Waals surface area contributed by atoms with Gasteiger partial charge in [0.25, 0.3) is 0 Å². The molecule has 3 N–H and O–H groups in total. The predicted octanol–water partition coefficient (Wildman–Crippen LogP) is 1.84. The predicted molar refractivity (Wildman–Crippen MR) is 57.0 cm³/mol. The van der Waals surface area contributed by atoms with E-state index in [0.29, 0.717) is 6.61 Å². The van der Waals surface area contributed by atoms with Crippen molar-refractivity contribution in [2.45, 2.75) is 6.92 Å². The van der Waals surface area contributed by atoms with Crippen LogP contribution in [0.15, 0.2) is 18.2 Å². The molecule has 1 heterocycles. The lowest BCUT2D eigenvalue weighted by Crippen LogP contribution is -2.04. The van der Waals surface area contributed by atoms with Crippen LogP contribution in [0.5, 0.6) is 0 Å². The molecule has 74 valence electrons. The summed E-state index contributed by atoms with van der Waals surface area (Å²) in [7, 11) is 0. The van der Waals surface area contributed by atoms with Crippen molar-refractivity contribution in [1.82, 2.24) is 0 Å². The minimum Gasteiger partial charge on any atom is -0.478 e. The van der Waals surface area contributed by atoms with Gasteiger partial charge in [-0.25, -0.2) is 0 Å². The molecule has 14 heavy (non-hydrogen) atoms. The van der Waals surface area contributed by atoms with Gasteiger partial charge in [0, 0.05) is 5.56 Å². The van der Waals surface area contributed by atoms with Crippen LogP contribution in [0, 0.1) is 5.41 Å². The highest BCUT2D eigenvalue weighted by molar-refractivity contribution is 5.94. The van der Waals surface area contributed by atoms with Crippen molar-refractivity contribution in [3.05, 3.63) is 23.8 Å². The van der Waals surface area contributed by atoms with E-state index in [-0.39, 0.29) is 5.90 Å². The fraction of sp³-hybridized carbons (Fsp3) is 0.300. The molecule has 1 aromatic rings. The van der Waals surface area contributed by atoms with Gasteiger partial charge in [-0.3, -0.25) is 5.41 Å². The summed E-state index contributed by atoms with van der Waals surface area (Å²) in [5, 5.41) is 14.0. The summed E-state index contributed by atoms with van der Waals surface area (Å²) < 4.78 is 5.12. The molecule has 4 nitrogen and oxygen atoms in total. The third-order valence-corrected chi connectivity index (χ3v) is 2.13. The molecule has 1 aromatic carbocycles. The van der Waals surface area contributed by atoms with Crippen LogP contribution in [-0.4, -0.2) is 19.2 Å². The summed E-state index contributed by atoms with van der Waals surface area (Å²) in [6.45, 7) is 3.16. The Morgan fingerprint density at radius 1 is 1.43 bits per heavy atom. The molecule has 2 rings (SSSR count). The van der Waals surface area contributed by atoms with Gasteiger partial charge in [0.05, 0.1) is 24.7 Å². The second-order valence-electron chi connectivity index (χ2n) is 3.05. The summed E-state index contributed by atoms with van der Waals surface area (Å²) in [6, 6.07) is 5.77. The third-order valence-electron chi connectivity index (χ3n) is 2.13. The molecule has 0 unspecified atom stereocenters. The Morgan fingerprint density at radius 3 is 3.00 bits per heavy atom. The zero-order valence-electron chi connectivity index (χ0n) is 8.05. The Balaban J connectivity index is 2.24. The number of rotatable bonds is 2. The molecule has 1 aliphatic heterocycles. The lowest BCUT2D eigenvalue weighted by molar-refractivity contribution is 0.325. The molecule has 0 bridgehead atoms. The van der Waals surface area contributed by atoms with E-state index in [1.165, 1.54) is 0 Å². The lowest BCUT2D eigenvalue weighted by atomic mass is 10.2. The number of hydrogen-bond acceptors (Lipinski definition) is 4. The van der Waals surface area contributed by atoms with E-state index in [9.17, 15) is 0 Å². The smallest absolute Gasteiger partial charge is 0.213 e. The Morgan fingerprint density at radius 2 is 2.21 bits per heavy atom. The zero-order valence-corrected chi connectivity index (χ0v) is 8.05. The number of hydrogen-bond donors (Lipinski definition) is 3. The fourth-order valence-electron chi connectivity index (χ4n) is 1.45. The van der Waals surface area contributed by atoms with Gasteiger partial charge in [0.1, 0.15) is 0 Å². The van der Waals surface area contributed by atoms with Crippen LogP contribution < -0.4 is 10.6 Å². The van der Waals surface area contributed by atoms with Crippen molar-refractivity contribution in [2.24, 2.45) is 0 Å². The van der Waals surface area contributed by atoms with Crippen molar-refractivity contribution in [1.29, 1.82) is 5.41 Å². The normalized spacial score (nSPS) is 12.6. The number of fused-ring (bicyclic) bond motifs is 1. The molecular formula is C10H13N3O. The van der Waals surface area contributed by atoms with E-state index in [2.05, 4.69) is 10.6 Å². The first kappa shape index (κ1) is 8.87. The second-order valence-corrected chi connectivity index (χ2v) is 3.05. The van der Waals surface area contributed by atoms with E-state index >= 15 is 0 Å². The minimum atomic E-state index is 0.226. The van der Waals surface area contributed by atoms with Gasteiger partial charge in [-0.1, -0.05) is 0 Å². The molecule has 0 radical (unpaired) electrons. The molecule has 0 saturated carbocycles. The summed E-state index contributed by atoms with van der Waals surface area (Å²) >= 11 is 0. The number of nitrogens with one attached hydrogen (secondary N) is 3. The van der Waals surface area contributed by atoms with Gasteiger partial charge in [-0.05, 0) is 25.1 Å². The maximum atomic E-state index is 7.62. The van der Waals surface area contributed by atoms with Gasteiger partial charge in [0.2, 0.25) is 5.90 Å². The van der Waals surface area contributed by atoms with Crippen molar-refractivity contribution in [3.8, 4) is 0 Å². The number of anilines is 2. The molecule has 0 spiro atoms. The van der Waals surface area contributed by atoms with Gasteiger partial charge in [-0.2, -0.15) is 0 Å². The highest BCUT2D eigenvalue weighted by Gasteiger charge is 2.11. The molecule has 4 heteroatoms. The molecule has 0 amide bonds. The maximum Gasteiger partial charge on any atom is 0.213 e. The van der Waals surface area contributed by atoms with Gasteiger partial charge in [0.15, 0.2) is 0 Å². The van der Waals surface area contributed by atoms with Gasteiger partial charge in [-0.15, -0.1) is 0 Å². The average Bonchev–Trinajstić information content (AvgIpc) is 2.64. The first-order valence-electron chi connectivity index (χ1n) is 4.65. The van der Waals surface area contributed by atoms with E-state index in [0.717, 1.165) is 23.6 Å². The van der Waals surface area contributed by atoms with Crippen LogP contribution in [0.2, 0.25) is 0 Å². The molecule has 0 saturated heterocycles. The Bertz CT molecular complexity index is 362. The molecule has 0 atom stereocenters. The molecule has 0 fully saturated rings. The van der Waals surface area contributed by atoms with Crippen LogP contribution in [0.25, 0.3) is 0 Å². The van der Waals surface area contributed by atoms with Gasteiger partial charge >= 0.3 is 0 Å². The summed E-state index contributed by atoms with van der Waals surface area (Å²) in [5.41, 5.74) is 2.92. The monoisotopic (exact) mass is 191 g/mol. The van der Waals surface area contributed by atoms with E-state index < -0.39 is 0 Å². The highest BCUT2D eigenvalue weighted by atomic mass is 16.5. The largest absolute Gasteiger partial charge is 0.478 e. The van der Waals surface area contributed by atoms with Crippen molar-refractivity contribution in [2.75, 3.05) is 23.9 Å². The Hall–Kier alpha value is -1.71. The Labute approximate surface area is 82.8 Å². The second kappa shape index (κ2) is 3.57. The molecule has 0 aliphatic carbocycles. The summed E-state index contributed by atoms with van der Waals surface area (Å²) in [4.78, 5) is 0. The van der Waals surface area contributed by atoms with E-state index in [4.69, 9.17) is 10.1 Å². The topological polar surface area (TPSA) is 57.1 Å². The first-order valence-corrected chi connectivity index (χ1v) is 4.65. The summed E-state index contributed by atoms with van der Waals surface area (Å²) in [6.07, 6.45) is 0. The number of benzene rings is 1. The average molecular weight is 191 g/mol. The molecule has 0 aromatic heterocycles. The standard InChI is InChI=1S/C10H13N3O/c1-2-14-10(11)7-3-4-8-9(5-7)13-6-12-8/h3-5,11-13H,2,6H2,1H3. The maximum absolute atomic E-state index is 7.62. The van der Waals surface area contributed by atoms with Crippen LogP contribution in [0.4, 0.5) is 11.4 Å². The minimum absolute atomic E-state index is 0.226. The Kier molecular flexibility index (Phi) is 2.26.